The van der Waals surface area contributed by atoms with Crippen molar-refractivity contribution < 1.29 is 9.84 Å². The second-order valence-electron chi connectivity index (χ2n) is 4.86. The Morgan fingerprint density at radius 3 is 2.78 bits per heavy atom. The molecule has 0 aliphatic rings. The number of hydrogen-bond donors (Lipinski definition) is 1. The van der Waals surface area contributed by atoms with E-state index in [-0.39, 0.29) is 18.7 Å². The highest BCUT2D eigenvalue weighted by Gasteiger charge is 2.13. The van der Waals surface area contributed by atoms with E-state index >= 15 is 0 Å². The Hall–Kier alpha value is -1.60. The fourth-order valence-electron chi connectivity index (χ4n) is 2.10. The van der Waals surface area contributed by atoms with Gasteiger partial charge in [-0.1, -0.05) is 29.3 Å². The largest absolute Gasteiger partial charge is 0.488 e. The van der Waals surface area contributed by atoms with Crippen LogP contribution in [0.2, 0.25) is 10.0 Å². The van der Waals surface area contributed by atoms with Gasteiger partial charge in [0.25, 0.3) is 5.56 Å². The van der Waals surface area contributed by atoms with Crippen LogP contribution in [-0.2, 0) is 6.54 Å². The second kappa shape index (κ2) is 6.88. The van der Waals surface area contributed by atoms with Gasteiger partial charge < -0.3 is 9.84 Å². The first-order valence-electron chi connectivity index (χ1n) is 6.74. The van der Waals surface area contributed by atoms with Gasteiger partial charge in [-0.05, 0) is 23.6 Å². The molecule has 0 spiro atoms. The molecular formula is C15H12Cl2N2O3S. The number of thiophene rings is 1. The summed E-state index contributed by atoms with van der Waals surface area (Å²) in [5.74, 6) is 0.314. The third-order valence-corrected chi connectivity index (χ3v) is 4.61. The summed E-state index contributed by atoms with van der Waals surface area (Å²) in [6.45, 7) is 0.0251. The fraction of sp³-hybridized carbons (Fsp3) is 0.200. The molecule has 120 valence electrons. The van der Waals surface area contributed by atoms with Gasteiger partial charge in [0.1, 0.15) is 17.5 Å². The molecule has 1 N–H and O–H groups in total. The zero-order valence-corrected chi connectivity index (χ0v) is 14.1. The Morgan fingerprint density at radius 1 is 1.30 bits per heavy atom. The van der Waals surface area contributed by atoms with E-state index in [0.29, 0.717) is 26.0 Å². The summed E-state index contributed by atoms with van der Waals surface area (Å²) in [4.78, 5) is 17.1. The average molecular weight is 371 g/mol. The lowest BCUT2D eigenvalue weighted by Gasteiger charge is -2.15. The molecule has 0 aliphatic heterocycles. The SMILES string of the molecule is O=c1c2ccsc2ncn1CC(O)COc1c(Cl)cccc1Cl. The number of fused-ring (bicyclic) bond motifs is 1. The molecule has 23 heavy (non-hydrogen) atoms. The Balaban J connectivity index is 1.70. The summed E-state index contributed by atoms with van der Waals surface area (Å²) in [6, 6.07) is 6.72. The lowest BCUT2D eigenvalue weighted by molar-refractivity contribution is 0.0916. The first-order chi connectivity index (χ1) is 11.1. The van der Waals surface area contributed by atoms with Crippen molar-refractivity contribution in [1.82, 2.24) is 9.55 Å². The molecule has 1 aromatic carbocycles. The van der Waals surface area contributed by atoms with E-state index in [4.69, 9.17) is 27.9 Å². The van der Waals surface area contributed by atoms with Crippen LogP contribution in [0.4, 0.5) is 0 Å². The number of benzene rings is 1. The lowest BCUT2D eigenvalue weighted by atomic mass is 10.3. The molecule has 0 fully saturated rings. The topological polar surface area (TPSA) is 64.4 Å². The number of aliphatic hydroxyl groups is 1. The van der Waals surface area contributed by atoms with E-state index in [9.17, 15) is 9.90 Å². The highest BCUT2D eigenvalue weighted by molar-refractivity contribution is 7.16. The molecule has 0 aliphatic carbocycles. The van der Waals surface area contributed by atoms with Crippen LogP contribution in [0.1, 0.15) is 0 Å². The number of aromatic nitrogens is 2. The summed E-state index contributed by atoms with van der Waals surface area (Å²) in [5.41, 5.74) is -0.189. The minimum atomic E-state index is -0.905. The van der Waals surface area contributed by atoms with Crippen LogP contribution in [0, 0.1) is 0 Å². The summed E-state index contributed by atoms with van der Waals surface area (Å²) in [6.07, 6.45) is 0.519. The van der Waals surface area contributed by atoms with Crippen LogP contribution >= 0.6 is 34.5 Å². The van der Waals surface area contributed by atoms with Crippen LogP contribution in [0.15, 0.2) is 40.8 Å². The quantitative estimate of drug-likeness (QED) is 0.748. The number of nitrogens with zero attached hydrogens (tertiary/aromatic N) is 2. The van der Waals surface area contributed by atoms with Gasteiger partial charge in [-0.25, -0.2) is 4.98 Å². The highest BCUT2D eigenvalue weighted by atomic mass is 35.5. The summed E-state index contributed by atoms with van der Waals surface area (Å²) in [7, 11) is 0. The second-order valence-corrected chi connectivity index (χ2v) is 6.57. The van der Waals surface area contributed by atoms with Crippen molar-refractivity contribution in [2.24, 2.45) is 0 Å². The van der Waals surface area contributed by atoms with Crippen LogP contribution in [-0.4, -0.2) is 27.4 Å². The number of halogens is 2. The first-order valence-corrected chi connectivity index (χ1v) is 8.37. The smallest absolute Gasteiger partial charge is 0.262 e. The molecule has 0 radical (unpaired) electrons. The van der Waals surface area contributed by atoms with Crippen molar-refractivity contribution >= 4 is 44.8 Å². The van der Waals surface area contributed by atoms with E-state index in [0.717, 1.165) is 0 Å². The van der Waals surface area contributed by atoms with Crippen LogP contribution < -0.4 is 10.3 Å². The first kappa shape index (κ1) is 16.3. The normalized spacial score (nSPS) is 12.5. The van der Waals surface area contributed by atoms with Crippen LogP contribution in [0.25, 0.3) is 10.2 Å². The molecule has 0 saturated carbocycles. The molecule has 8 heteroatoms. The van der Waals surface area contributed by atoms with Crippen molar-refractivity contribution in [2.75, 3.05) is 6.61 Å². The maximum atomic E-state index is 12.2. The van der Waals surface area contributed by atoms with E-state index in [1.165, 1.54) is 22.2 Å². The third-order valence-electron chi connectivity index (χ3n) is 3.20. The maximum absolute atomic E-state index is 12.2. The van der Waals surface area contributed by atoms with Crippen molar-refractivity contribution in [3.05, 3.63) is 56.4 Å². The zero-order chi connectivity index (χ0) is 16.4. The molecular weight excluding hydrogens is 359 g/mol. The standard InChI is InChI=1S/C15H12Cl2N2O3S/c16-11-2-1-3-12(17)13(11)22-7-9(20)6-19-8-18-14-10(15(19)21)4-5-23-14/h1-5,8-9,20H,6-7H2. The van der Waals surface area contributed by atoms with Crippen molar-refractivity contribution in [2.45, 2.75) is 12.6 Å². The fourth-order valence-corrected chi connectivity index (χ4v) is 3.33. The Morgan fingerprint density at radius 2 is 2.04 bits per heavy atom. The molecule has 3 aromatic rings. The monoisotopic (exact) mass is 370 g/mol. The van der Waals surface area contributed by atoms with Gasteiger partial charge in [0.2, 0.25) is 0 Å². The minimum absolute atomic E-state index is 0.0441. The number of para-hydroxylation sites is 1. The van der Waals surface area contributed by atoms with Gasteiger partial charge in [0.15, 0.2) is 5.75 Å². The molecule has 3 rings (SSSR count). The van der Waals surface area contributed by atoms with Crippen molar-refractivity contribution in [3.63, 3.8) is 0 Å². The molecule has 2 aromatic heterocycles. The Bertz CT molecular complexity index is 874. The van der Waals surface area contributed by atoms with Crippen molar-refractivity contribution in [3.8, 4) is 5.75 Å². The molecule has 1 atom stereocenters. The maximum Gasteiger partial charge on any atom is 0.262 e. The Labute approximate surface area is 145 Å². The van der Waals surface area contributed by atoms with E-state index in [1.54, 1.807) is 24.3 Å². The van der Waals surface area contributed by atoms with Crippen LogP contribution in [0.3, 0.4) is 0 Å². The van der Waals surface area contributed by atoms with Gasteiger partial charge in [0.05, 0.1) is 28.3 Å². The number of rotatable bonds is 5. The van der Waals surface area contributed by atoms with Crippen LogP contribution in [0.5, 0.6) is 5.75 Å². The highest BCUT2D eigenvalue weighted by Crippen LogP contribution is 2.32. The molecule has 0 bridgehead atoms. The third kappa shape index (κ3) is 3.50. The Kier molecular flexibility index (Phi) is 4.87. The number of ether oxygens (including phenoxy) is 1. The van der Waals surface area contributed by atoms with Gasteiger partial charge in [-0.15, -0.1) is 11.3 Å². The predicted octanol–water partition coefficient (Wildman–Crippen LogP) is 3.20. The molecule has 1 unspecified atom stereocenters. The van der Waals surface area contributed by atoms with Gasteiger partial charge >= 0.3 is 0 Å². The number of hydrogen-bond acceptors (Lipinski definition) is 5. The average Bonchev–Trinajstić information content (AvgIpc) is 2.99. The molecule has 5 nitrogen and oxygen atoms in total. The molecule has 0 saturated heterocycles. The molecule has 0 amide bonds. The van der Waals surface area contributed by atoms with E-state index < -0.39 is 6.10 Å². The summed E-state index contributed by atoms with van der Waals surface area (Å²) >= 11 is 13.4. The summed E-state index contributed by atoms with van der Waals surface area (Å²) in [5, 5.41) is 13.2. The lowest BCUT2D eigenvalue weighted by Crippen LogP contribution is -2.30. The van der Waals surface area contributed by atoms with Gasteiger partial charge in [-0.2, -0.15) is 0 Å². The van der Waals surface area contributed by atoms with Crippen molar-refractivity contribution in [1.29, 1.82) is 0 Å². The van der Waals surface area contributed by atoms with E-state index in [2.05, 4.69) is 4.98 Å². The zero-order valence-electron chi connectivity index (χ0n) is 11.8. The number of aliphatic hydroxyl groups excluding tert-OH is 1. The van der Waals surface area contributed by atoms with E-state index in [1.807, 2.05) is 5.38 Å². The predicted molar refractivity (Wildman–Crippen MR) is 91.8 cm³/mol. The van der Waals surface area contributed by atoms with Gasteiger partial charge in [-0.3, -0.25) is 9.36 Å². The molecule has 2 heterocycles. The summed E-state index contributed by atoms with van der Waals surface area (Å²) < 4.78 is 6.82. The minimum Gasteiger partial charge on any atom is -0.488 e. The van der Waals surface area contributed by atoms with Gasteiger partial charge in [0, 0.05) is 0 Å².